The summed E-state index contributed by atoms with van der Waals surface area (Å²) in [5, 5.41) is 7.32. The minimum Gasteiger partial charge on any atom is -0.296 e. The molecule has 3 unspecified atom stereocenters. The van der Waals surface area contributed by atoms with Crippen LogP contribution < -0.4 is 0 Å². The zero-order valence-corrected chi connectivity index (χ0v) is 19.8. The molecule has 4 heteroatoms. The van der Waals surface area contributed by atoms with Crippen molar-refractivity contribution in [1.82, 2.24) is 4.90 Å². The van der Waals surface area contributed by atoms with Crippen molar-refractivity contribution in [2.75, 3.05) is 6.54 Å². The van der Waals surface area contributed by atoms with E-state index in [9.17, 15) is 8.78 Å². The van der Waals surface area contributed by atoms with Gasteiger partial charge in [-0.2, -0.15) is 5.26 Å². The Bertz CT molecular complexity index is 790. The van der Waals surface area contributed by atoms with E-state index in [1.54, 1.807) is 6.07 Å². The lowest BCUT2D eigenvalue weighted by atomic mass is 9.95. The van der Waals surface area contributed by atoms with Gasteiger partial charge >= 0.3 is 0 Å². The van der Waals surface area contributed by atoms with Gasteiger partial charge in [-0.3, -0.25) is 4.90 Å². The van der Waals surface area contributed by atoms with Crippen molar-refractivity contribution in [3.63, 3.8) is 0 Å². The van der Waals surface area contributed by atoms with Gasteiger partial charge in [0, 0.05) is 19.5 Å². The summed E-state index contributed by atoms with van der Waals surface area (Å²) in [6.07, 6.45) is 2.53. The Morgan fingerprint density at radius 1 is 0.969 bits per heavy atom. The van der Waals surface area contributed by atoms with E-state index in [-0.39, 0.29) is 5.92 Å². The molecule has 1 saturated carbocycles. The van der Waals surface area contributed by atoms with Crippen LogP contribution in [0.25, 0.3) is 0 Å². The summed E-state index contributed by atoms with van der Waals surface area (Å²) in [4.78, 5) is 2.62. The van der Waals surface area contributed by atoms with Gasteiger partial charge in [-0.15, -0.1) is 0 Å². The molecule has 0 heterocycles. The van der Waals surface area contributed by atoms with Crippen LogP contribution >= 0.6 is 0 Å². The molecule has 1 fully saturated rings. The molecule has 0 spiro atoms. The molecular weight excluding hydrogens is 402 g/mol. The molecule has 2 aromatic rings. The minimum absolute atomic E-state index is 0.0309. The van der Waals surface area contributed by atoms with Crippen molar-refractivity contribution in [2.45, 2.75) is 90.1 Å². The maximum atomic E-state index is 13.5. The van der Waals surface area contributed by atoms with Crippen molar-refractivity contribution in [2.24, 2.45) is 0 Å². The zero-order chi connectivity index (χ0) is 23.3. The minimum atomic E-state index is -1.29. The van der Waals surface area contributed by atoms with E-state index in [0.717, 1.165) is 44.3 Å². The maximum Gasteiger partial charge on any atom is 0.132 e. The summed E-state index contributed by atoms with van der Waals surface area (Å²) in [5.74, 6) is 0.0309. The van der Waals surface area contributed by atoms with Crippen molar-refractivity contribution in [3.05, 3.63) is 71.3 Å². The zero-order valence-electron chi connectivity index (χ0n) is 19.8. The van der Waals surface area contributed by atoms with E-state index < -0.39 is 12.3 Å². The number of hydrogen-bond acceptors (Lipinski definition) is 2. The van der Waals surface area contributed by atoms with Gasteiger partial charge in [-0.1, -0.05) is 68.4 Å². The molecule has 1 aliphatic carbocycles. The van der Waals surface area contributed by atoms with Crippen molar-refractivity contribution >= 4 is 0 Å². The highest BCUT2D eigenvalue weighted by Gasteiger charge is 2.35. The highest BCUT2D eigenvalue weighted by atomic mass is 19.2. The SMILES string of the molecule is CC#N.CCCN(Cc1ccccc1)C(CC)CCc1ccc(C2CC(F)C(F)C2)cc1. The van der Waals surface area contributed by atoms with Crippen LogP contribution in [-0.4, -0.2) is 29.8 Å². The van der Waals surface area contributed by atoms with Crippen LogP contribution in [0.5, 0.6) is 0 Å². The summed E-state index contributed by atoms with van der Waals surface area (Å²) < 4.78 is 27.0. The lowest BCUT2D eigenvalue weighted by Gasteiger charge is -2.31. The molecule has 0 radical (unpaired) electrons. The van der Waals surface area contributed by atoms with Crippen molar-refractivity contribution < 1.29 is 8.78 Å². The number of nitrogens with zero attached hydrogens (tertiary/aromatic N) is 2. The average Bonchev–Trinajstić information content (AvgIpc) is 3.14. The van der Waals surface area contributed by atoms with Gasteiger partial charge in [0.15, 0.2) is 0 Å². The fourth-order valence-electron chi connectivity index (χ4n) is 4.64. The Morgan fingerprint density at radius 2 is 1.56 bits per heavy atom. The van der Waals surface area contributed by atoms with Gasteiger partial charge in [-0.05, 0) is 67.7 Å². The first-order chi connectivity index (χ1) is 15.5. The molecule has 2 nitrogen and oxygen atoms in total. The van der Waals surface area contributed by atoms with Crippen LogP contribution in [0.2, 0.25) is 0 Å². The fourth-order valence-corrected chi connectivity index (χ4v) is 4.64. The van der Waals surface area contributed by atoms with Gasteiger partial charge in [0.2, 0.25) is 0 Å². The smallest absolute Gasteiger partial charge is 0.132 e. The van der Waals surface area contributed by atoms with E-state index in [0.29, 0.717) is 18.9 Å². The van der Waals surface area contributed by atoms with Gasteiger partial charge in [-0.25, -0.2) is 8.78 Å². The Morgan fingerprint density at radius 3 is 2.09 bits per heavy atom. The molecule has 3 rings (SSSR count). The largest absolute Gasteiger partial charge is 0.296 e. The molecule has 0 bridgehead atoms. The second-order valence-corrected chi connectivity index (χ2v) is 8.72. The summed E-state index contributed by atoms with van der Waals surface area (Å²) in [6.45, 7) is 8.07. The van der Waals surface area contributed by atoms with Gasteiger partial charge in [0.1, 0.15) is 12.3 Å². The lowest BCUT2D eigenvalue weighted by Crippen LogP contribution is -2.35. The number of alkyl halides is 2. The standard InChI is InChI=1S/C26H35F2N.C2H3N/c1-3-16-29(19-21-8-6-5-7-9-21)24(4-2)15-12-20-10-13-22(14-11-20)23-17-25(27)26(28)18-23;1-2-3/h5-11,13-14,23-26H,3-4,12,15-19H2,1-2H3;1H3. The van der Waals surface area contributed by atoms with Crippen molar-refractivity contribution in [1.29, 1.82) is 5.26 Å². The Balaban J connectivity index is 0.00000114. The summed E-state index contributed by atoms with van der Waals surface area (Å²) in [5.41, 5.74) is 3.77. The number of rotatable bonds is 10. The summed E-state index contributed by atoms with van der Waals surface area (Å²) >= 11 is 0. The molecule has 0 aromatic heterocycles. The lowest BCUT2D eigenvalue weighted by molar-refractivity contribution is 0.173. The topological polar surface area (TPSA) is 27.0 Å². The van der Waals surface area contributed by atoms with Crippen LogP contribution in [0, 0.1) is 11.3 Å². The fraction of sp³-hybridized carbons (Fsp3) is 0.536. The molecule has 0 amide bonds. The Labute approximate surface area is 193 Å². The highest BCUT2D eigenvalue weighted by molar-refractivity contribution is 5.27. The molecule has 2 aromatic carbocycles. The third-order valence-electron chi connectivity index (χ3n) is 6.36. The molecule has 32 heavy (non-hydrogen) atoms. The second kappa shape index (κ2) is 14.0. The molecule has 174 valence electrons. The van der Waals surface area contributed by atoms with Crippen LogP contribution in [0.3, 0.4) is 0 Å². The van der Waals surface area contributed by atoms with Gasteiger partial charge < -0.3 is 0 Å². The summed E-state index contributed by atoms with van der Waals surface area (Å²) in [6, 6.07) is 21.5. The quantitative estimate of drug-likeness (QED) is 0.385. The number of halogens is 2. The molecule has 1 aliphatic rings. The van der Waals surface area contributed by atoms with E-state index in [4.69, 9.17) is 5.26 Å². The molecule has 0 N–H and O–H groups in total. The first-order valence-electron chi connectivity index (χ1n) is 12.0. The highest BCUT2D eigenvalue weighted by Crippen LogP contribution is 2.38. The molecule has 0 saturated heterocycles. The predicted octanol–water partition coefficient (Wildman–Crippen LogP) is 7.39. The van der Waals surface area contributed by atoms with Crippen molar-refractivity contribution in [3.8, 4) is 6.07 Å². The first kappa shape index (κ1) is 26.0. The number of hydrogen-bond donors (Lipinski definition) is 0. The van der Waals surface area contributed by atoms with Gasteiger partial charge in [0.25, 0.3) is 0 Å². The monoisotopic (exact) mass is 440 g/mol. The Hall–Kier alpha value is -2.25. The van der Waals surface area contributed by atoms with E-state index in [1.807, 2.05) is 0 Å². The number of aryl methyl sites for hydroxylation is 1. The van der Waals surface area contributed by atoms with Crippen LogP contribution in [0.15, 0.2) is 54.6 Å². The summed E-state index contributed by atoms with van der Waals surface area (Å²) in [7, 11) is 0. The molecular formula is C28H38F2N2. The van der Waals surface area contributed by atoms with Crippen LogP contribution in [-0.2, 0) is 13.0 Å². The average molecular weight is 441 g/mol. The second-order valence-electron chi connectivity index (χ2n) is 8.72. The third-order valence-corrected chi connectivity index (χ3v) is 6.36. The van der Waals surface area contributed by atoms with E-state index in [2.05, 4.69) is 73.3 Å². The number of nitriles is 1. The van der Waals surface area contributed by atoms with Crippen LogP contribution in [0.4, 0.5) is 8.78 Å². The first-order valence-corrected chi connectivity index (χ1v) is 12.0. The van der Waals surface area contributed by atoms with Crippen LogP contribution in [0.1, 0.15) is 75.5 Å². The number of benzene rings is 2. The maximum absolute atomic E-state index is 13.5. The van der Waals surface area contributed by atoms with E-state index >= 15 is 0 Å². The molecule has 0 aliphatic heterocycles. The molecule has 3 atom stereocenters. The third kappa shape index (κ3) is 8.02. The van der Waals surface area contributed by atoms with Gasteiger partial charge in [0.05, 0.1) is 6.07 Å². The predicted molar refractivity (Wildman–Crippen MR) is 129 cm³/mol. The Kier molecular flexibility index (Phi) is 11.4. The normalized spacial score (nSPS) is 21.0. The van der Waals surface area contributed by atoms with E-state index in [1.165, 1.54) is 18.1 Å².